The van der Waals surface area contributed by atoms with E-state index >= 15 is 0 Å². The molecule has 1 aliphatic rings. The Hall–Kier alpha value is -1.65. The molecule has 20 heavy (non-hydrogen) atoms. The number of rotatable bonds is 6. The van der Waals surface area contributed by atoms with Crippen molar-refractivity contribution in [1.82, 2.24) is 15.3 Å². The second-order valence-corrected chi connectivity index (χ2v) is 5.30. The number of nitrogens with one attached hydrogen (secondary N) is 1. The topological polar surface area (TPSA) is 47.0 Å². The van der Waals surface area contributed by atoms with Crippen LogP contribution < -0.4 is 10.1 Å². The van der Waals surface area contributed by atoms with Crippen LogP contribution in [0.15, 0.2) is 36.8 Å². The summed E-state index contributed by atoms with van der Waals surface area (Å²) in [7, 11) is 0. The minimum absolute atomic E-state index is 0.419. The van der Waals surface area contributed by atoms with Crippen molar-refractivity contribution in [2.24, 2.45) is 0 Å². The first kappa shape index (κ1) is 13.3. The van der Waals surface area contributed by atoms with Crippen molar-refractivity contribution in [2.75, 3.05) is 0 Å². The Labute approximate surface area is 123 Å². The van der Waals surface area contributed by atoms with Crippen LogP contribution in [0.3, 0.4) is 0 Å². The number of nitrogens with zero attached hydrogens (tertiary/aromatic N) is 2. The predicted octanol–water partition coefficient (Wildman–Crippen LogP) is 2.96. The molecule has 1 N–H and O–H groups in total. The van der Waals surface area contributed by atoms with Gasteiger partial charge >= 0.3 is 0 Å². The molecule has 0 bridgehead atoms. The highest BCUT2D eigenvalue weighted by Gasteiger charge is 2.20. The third-order valence-corrected chi connectivity index (χ3v) is 3.54. The van der Waals surface area contributed by atoms with Crippen LogP contribution in [0, 0.1) is 0 Å². The van der Waals surface area contributed by atoms with Gasteiger partial charge in [-0.15, -0.1) is 0 Å². The summed E-state index contributed by atoms with van der Waals surface area (Å²) in [6.45, 7) is 1.24. The van der Waals surface area contributed by atoms with E-state index in [1.54, 1.807) is 18.6 Å². The first-order chi connectivity index (χ1) is 9.81. The van der Waals surface area contributed by atoms with Gasteiger partial charge in [-0.25, -0.2) is 0 Å². The number of ether oxygens (including phenoxy) is 1. The minimum atomic E-state index is 0.419. The van der Waals surface area contributed by atoms with Crippen LogP contribution in [0.4, 0.5) is 0 Å². The number of halogens is 1. The number of pyridine rings is 2. The molecule has 0 unspecified atom stereocenters. The first-order valence-electron chi connectivity index (χ1n) is 6.71. The normalized spacial score (nSPS) is 14.2. The van der Waals surface area contributed by atoms with Crippen LogP contribution in [-0.4, -0.2) is 16.0 Å². The van der Waals surface area contributed by atoms with Crippen LogP contribution >= 0.6 is 11.6 Å². The van der Waals surface area contributed by atoms with Gasteiger partial charge < -0.3 is 10.1 Å². The molecule has 0 aliphatic heterocycles. The van der Waals surface area contributed by atoms with E-state index in [4.69, 9.17) is 16.3 Å². The molecule has 0 spiro atoms. The number of hydrogen-bond acceptors (Lipinski definition) is 4. The Morgan fingerprint density at radius 3 is 2.85 bits per heavy atom. The first-order valence-corrected chi connectivity index (χ1v) is 7.08. The average molecular weight is 290 g/mol. The monoisotopic (exact) mass is 289 g/mol. The molecule has 2 heterocycles. The van der Waals surface area contributed by atoms with Gasteiger partial charge in [0.2, 0.25) is 0 Å². The van der Waals surface area contributed by atoms with Gasteiger partial charge in [-0.3, -0.25) is 9.97 Å². The van der Waals surface area contributed by atoms with Crippen molar-refractivity contribution >= 4 is 11.6 Å². The zero-order chi connectivity index (χ0) is 13.8. The van der Waals surface area contributed by atoms with Crippen LogP contribution in [0.1, 0.15) is 24.1 Å². The Kier molecular flexibility index (Phi) is 4.14. The fourth-order valence-electron chi connectivity index (χ4n) is 1.82. The van der Waals surface area contributed by atoms with Crippen molar-refractivity contribution < 1.29 is 4.74 Å². The lowest BCUT2D eigenvalue weighted by atomic mass is 10.3. The van der Waals surface area contributed by atoms with E-state index in [1.807, 2.05) is 18.2 Å². The lowest BCUT2D eigenvalue weighted by Crippen LogP contribution is -2.16. The lowest BCUT2D eigenvalue weighted by molar-refractivity contribution is 0.304. The van der Waals surface area contributed by atoms with Crippen molar-refractivity contribution in [3.8, 4) is 5.75 Å². The molecule has 2 aromatic rings. The molecule has 1 saturated carbocycles. The summed E-state index contributed by atoms with van der Waals surface area (Å²) in [4.78, 5) is 8.32. The van der Waals surface area contributed by atoms with Crippen LogP contribution in [0.25, 0.3) is 0 Å². The number of aromatic nitrogens is 2. The second kappa shape index (κ2) is 6.20. The van der Waals surface area contributed by atoms with E-state index in [2.05, 4.69) is 15.3 Å². The summed E-state index contributed by atoms with van der Waals surface area (Å²) >= 11 is 6.03. The van der Waals surface area contributed by atoms with Gasteiger partial charge in [0.15, 0.2) is 0 Å². The maximum atomic E-state index is 6.03. The van der Waals surface area contributed by atoms with Gasteiger partial charge in [0, 0.05) is 30.5 Å². The molecule has 0 saturated heterocycles. The summed E-state index contributed by atoms with van der Waals surface area (Å²) in [5.74, 6) is 0.744. The van der Waals surface area contributed by atoms with Crippen molar-refractivity contribution in [3.05, 3.63) is 53.1 Å². The van der Waals surface area contributed by atoms with Crippen molar-refractivity contribution in [2.45, 2.75) is 32.0 Å². The summed E-state index contributed by atoms with van der Waals surface area (Å²) in [6, 6.07) is 6.47. The van der Waals surface area contributed by atoms with E-state index < -0.39 is 0 Å². The van der Waals surface area contributed by atoms with E-state index in [-0.39, 0.29) is 0 Å². The Balaban J connectivity index is 1.53. The van der Waals surface area contributed by atoms with Crippen LogP contribution in [0.2, 0.25) is 5.02 Å². The molecule has 3 rings (SSSR count). The standard InChI is InChI=1S/C15H16ClN3O/c16-15-9-17-6-5-11(15)10-20-14-4-3-13(19-8-14)7-18-12-1-2-12/h3-6,8-9,12,18H,1-2,7,10H2. The van der Waals surface area contributed by atoms with Gasteiger partial charge in [0.05, 0.1) is 16.9 Å². The van der Waals surface area contributed by atoms with Gasteiger partial charge in [0.1, 0.15) is 12.4 Å². The van der Waals surface area contributed by atoms with Gasteiger partial charge in [-0.1, -0.05) is 11.6 Å². The van der Waals surface area contributed by atoms with Crippen molar-refractivity contribution in [3.63, 3.8) is 0 Å². The SMILES string of the molecule is Clc1cnccc1COc1ccc(CNC2CC2)nc1. The Bertz CT molecular complexity index is 570. The van der Waals surface area contributed by atoms with Gasteiger partial charge in [-0.2, -0.15) is 0 Å². The Morgan fingerprint density at radius 1 is 1.25 bits per heavy atom. The minimum Gasteiger partial charge on any atom is -0.487 e. The van der Waals surface area contributed by atoms with Crippen LogP contribution in [-0.2, 0) is 13.2 Å². The van der Waals surface area contributed by atoms with Gasteiger partial charge in [0.25, 0.3) is 0 Å². The molecule has 0 amide bonds. The predicted molar refractivity (Wildman–Crippen MR) is 77.7 cm³/mol. The lowest BCUT2D eigenvalue weighted by Gasteiger charge is -2.08. The highest BCUT2D eigenvalue weighted by Crippen LogP contribution is 2.20. The molecule has 0 aromatic carbocycles. The summed E-state index contributed by atoms with van der Waals surface area (Å²) < 4.78 is 5.67. The quantitative estimate of drug-likeness (QED) is 0.888. The molecule has 104 valence electrons. The molecule has 2 aromatic heterocycles. The molecule has 5 heteroatoms. The molecule has 4 nitrogen and oxygen atoms in total. The highest BCUT2D eigenvalue weighted by molar-refractivity contribution is 6.31. The number of hydrogen-bond donors (Lipinski definition) is 1. The van der Waals surface area contributed by atoms with E-state index in [0.717, 1.165) is 23.6 Å². The fourth-order valence-corrected chi connectivity index (χ4v) is 1.99. The molecule has 1 fully saturated rings. The maximum Gasteiger partial charge on any atom is 0.138 e. The summed E-state index contributed by atoms with van der Waals surface area (Å²) in [6.07, 6.45) is 7.64. The average Bonchev–Trinajstić information content (AvgIpc) is 3.30. The third-order valence-electron chi connectivity index (χ3n) is 3.20. The van der Waals surface area contributed by atoms with E-state index in [9.17, 15) is 0 Å². The van der Waals surface area contributed by atoms with Gasteiger partial charge in [-0.05, 0) is 31.0 Å². The van der Waals surface area contributed by atoms with E-state index in [1.165, 1.54) is 12.8 Å². The zero-order valence-corrected chi connectivity index (χ0v) is 11.8. The Morgan fingerprint density at radius 2 is 2.15 bits per heavy atom. The highest BCUT2D eigenvalue weighted by atomic mass is 35.5. The van der Waals surface area contributed by atoms with Crippen molar-refractivity contribution in [1.29, 1.82) is 0 Å². The van der Waals surface area contributed by atoms with Crippen LogP contribution in [0.5, 0.6) is 5.75 Å². The van der Waals surface area contributed by atoms with E-state index in [0.29, 0.717) is 17.7 Å². The molecule has 1 aliphatic carbocycles. The molecule has 0 radical (unpaired) electrons. The largest absolute Gasteiger partial charge is 0.487 e. The summed E-state index contributed by atoms with van der Waals surface area (Å²) in [5, 5.41) is 4.05. The summed E-state index contributed by atoms with van der Waals surface area (Å²) in [5.41, 5.74) is 1.95. The molecular formula is C15H16ClN3O. The smallest absolute Gasteiger partial charge is 0.138 e. The molecular weight excluding hydrogens is 274 g/mol. The fraction of sp³-hybridized carbons (Fsp3) is 0.333. The maximum absolute atomic E-state index is 6.03. The zero-order valence-electron chi connectivity index (χ0n) is 11.1. The third kappa shape index (κ3) is 3.68. The second-order valence-electron chi connectivity index (χ2n) is 4.90. The molecule has 0 atom stereocenters.